The van der Waals surface area contributed by atoms with E-state index in [1.54, 1.807) is 18.2 Å². The van der Waals surface area contributed by atoms with Gasteiger partial charge in [-0.1, -0.05) is 0 Å². The van der Waals surface area contributed by atoms with E-state index in [0.29, 0.717) is 17.2 Å². The van der Waals surface area contributed by atoms with Crippen molar-refractivity contribution in [3.63, 3.8) is 0 Å². The van der Waals surface area contributed by atoms with Gasteiger partial charge in [-0.2, -0.15) is 0 Å². The Labute approximate surface area is 139 Å². The molecule has 1 aliphatic heterocycles. The first kappa shape index (κ1) is 17.6. The van der Waals surface area contributed by atoms with Gasteiger partial charge in [0, 0.05) is 12.6 Å². The Kier molecular flexibility index (Phi) is 5.64. The molecule has 0 bridgehead atoms. The molecule has 130 valence electrons. The quantitative estimate of drug-likeness (QED) is 0.695. The zero-order chi connectivity index (χ0) is 17.7. The van der Waals surface area contributed by atoms with Gasteiger partial charge in [-0.05, 0) is 12.1 Å². The predicted octanol–water partition coefficient (Wildman–Crippen LogP) is 0.377. The molecule has 0 radical (unpaired) electrons. The van der Waals surface area contributed by atoms with E-state index in [2.05, 4.69) is 5.32 Å². The molecule has 1 heterocycles. The Bertz CT molecular complexity index is 671. The predicted molar refractivity (Wildman–Crippen MR) is 85.9 cm³/mol. The molecule has 0 unspecified atom stereocenters. The molecule has 24 heavy (non-hydrogen) atoms. The Morgan fingerprint density at radius 3 is 2.62 bits per heavy atom. The maximum atomic E-state index is 12.5. The average molecular weight is 336 g/mol. The summed E-state index contributed by atoms with van der Waals surface area (Å²) in [4.78, 5) is 25.8. The summed E-state index contributed by atoms with van der Waals surface area (Å²) in [6, 6.07) is 5.04. The van der Waals surface area contributed by atoms with Crippen LogP contribution in [0.25, 0.3) is 0 Å². The first-order valence-corrected chi connectivity index (χ1v) is 7.26. The summed E-state index contributed by atoms with van der Waals surface area (Å²) in [5, 5.41) is 12.0. The molecule has 0 aromatic heterocycles. The van der Waals surface area contributed by atoms with Gasteiger partial charge in [-0.25, -0.2) is 4.79 Å². The van der Waals surface area contributed by atoms with Crippen molar-refractivity contribution >= 4 is 17.6 Å². The third-order valence-corrected chi connectivity index (χ3v) is 3.62. The second kappa shape index (κ2) is 7.69. The van der Waals surface area contributed by atoms with E-state index >= 15 is 0 Å². The number of anilines is 1. The van der Waals surface area contributed by atoms with Gasteiger partial charge in [0.1, 0.15) is 17.2 Å². The summed E-state index contributed by atoms with van der Waals surface area (Å²) in [6.45, 7) is 0.0104. The first-order valence-electron chi connectivity index (χ1n) is 7.26. The van der Waals surface area contributed by atoms with E-state index < -0.39 is 5.97 Å². The molecule has 8 nitrogen and oxygen atoms in total. The van der Waals surface area contributed by atoms with Gasteiger partial charge in [-0.15, -0.1) is 0 Å². The fraction of sp³-hybridized carbons (Fsp3) is 0.375. The lowest BCUT2D eigenvalue weighted by Gasteiger charge is -2.16. The Morgan fingerprint density at radius 2 is 2.04 bits per heavy atom. The summed E-state index contributed by atoms with van der Waals surface area (Å²) >= 11 is 0. The van der Waals surface area contributed by atoms with E-state index in [1.807, 2.05) is 0 Å². The summed E-state index contributed by atoms with van der Waals surface area (Å²) in [5.74, 6) is 0.0692. The van der Waals surface area contributed by atoms with Crippen molar-refractivity contribution in [2.45, 2.75) is 0 Å². The van der Waals surface area contributed by atoms with Crippen LogP contribution in [-0.4, -0.2) is 62.9 Å². The molecule has 8 heteroatoms. The van der Waals surface area contributed by atoms with E-state index in [4.69, 9.17) is 19.3 Å². The van der Waals surface area contributed by atoms with E-state index in [9.17, 15) is 9.59 Å². The third-order valence-electron chi connectivity index (χ3n) is 3.62. The van der Waals surface area contributed by atoms with Crippen LogP contribution < -0.4 is 14.8 Å². The highest BCUT2D eigenvalue weighted by Crippen LogP contribution is 2.32. The number of carbonyl (C=O) groups is 2. The minimum Gasteiger partial charge on any atom is -0.497 e. The molecule has 0 atom stereocenters. The van der Waals surface area contributed by atoms with Crippen LogP contribution in [0.5, 0.6) is 11.5 Å². The average Bonchev–Trinajstić information content (AvgIpc) is 2.91. The number of hydrogen-bond donors (Lipinski definition) is 2. The van der Waals surface area contributed by atoms with Gasteiger partial charge in [0.15, 0.2) is 0 Å². The van der Waals surface area contributed by atoms with Crippen molar-refractivity contribution in [2.75, 3.05) is 46.3 Å². The minimum absolute atomic E-state index is 0.0763. The molecule has 0 spiro atoms. The molecule has 1 aromatic rings. The van der Waals surface area contributed by atoms with Crippen LogP contribution in [0.3, 0.4) is 0 Å². The summed E-state index contributed by atoms with van der Waals surface area (Å²) in [5.41, 5.74) is 0.821. The van der Waals surface area contributed by atoms with Gasteiger partial charge >= 0.3 is 5.97 Å². The molecule has 1 aromatic carbocycles. The molecular weight excluding hydrogens is 316 g/mol. The smallest absolute Gasteiger partial charge is 0.337 e. The Morgan fingerprint density at radius 1 is 1.29 bits per heavy atom. The normalized spacial score (nSPS) is 14.0. The minimum atomic E-state index is -0.598. The monoisotopic (exact) mass is 336 g/mol. The Balaban J connectivity index is 2.37. The number of esters is 1. The number of nitrogens with zero attached hydrogens (tertiary/aromatic N) is 1. The zero-order valence-electron chi connectivity index (χ0n) is 13.8. The molecule has 2 rings (SSSR count). The number of aliphatic hydroxyl groups is 1. The lowest BCUT2D eigenvalue weighted by Crippen LogP contribution is -2.31. The number of aliphatic hydroxyl groups excluding tert-OH is 1. The second-order valence-electron chi connectivity index (χ2n) is 4.99. The fourth-order valence-corrected chi connectivity index (χ4v) is 2.39. The highest BCUT2D eigenvalue weighted by atomic mass is 16.5. The maximum absolute atomic E-state index is 12.5. The Hall–Kier alpha value is -2.74. The van der Waals surface area contributed by atoms with Crippen LogP contribution in [0.4, 0.5) is 5.69 Å². The van der Waals surface area contributed by atoms with Crippen molar-refractivity contribution in [2.24, 2.45) is 0 Å². The maximum Gasteiger partial charge on any atom is 0.337 e. The van der Waals surface area contributed by atoms with Crippen LogP contribution in [-0.2, 0) is 14.3 Å². The molecule has 0 fully saturated rings. The van der Waals surface area contributed by atoms with Crippen LogP contribution in [0.15, 0.2) is 29.5 Å². The zero-order valence-corrected chi connectivity index (χ0v) is 13.8. The number of carbonyl (C=O) groups excluding carboxylic acids is 2. The number of nitrogens with one attached hydrogen (secondary N) is 1. The van der Waals surface area contributed by atoms with Gasteiger partial charge < -0.3 is 29.5 Å². The molecule has 2 N–H and O–H groups in total. The SMILES string of the molecule is COC(=O)C1=C(Nc2ccc(OC)cc2OC)C(=O)N(CCO)C1. The van der Waals surface area contributed by atoms with E-state index in [-0.39, 0.29) is 36.9 Å². The molecule has 0 aliphatic carbocycles. The first-order chi connectivity index (χ1) is 11.5. The number of amides is 1. The number of β-amino-alcohol motifs (C(OH)–C–C–N with tert-alkyl or cyclic N) is 1. The lowest BCUT2D eigenvalue weighted by molar-refractivity contribution is -0.136. The molecule has 0 saturated heterocycles. The van der Waals surface area contributed by atoms with Crippen molar-refractivity contribution < 1.29 is 28.9 Å². The summed E-state index contributed by atoms with van der Waals surface area (Å²) in [7, 11) is 4.28. The van der Waals surface area contributed by atoms with Crippen molar-refractivity contribution in [1.29, 1.82) is 0 Å². The van der Waals surface area contributed by atoms with Crippen LogP contribution in [0.2, 0.25) is 0 Å². The number of methoxy groups -OCH3 is 3. The van der Waals surface area contributed by atoms with E-state index in [0.717, 1.165) is 0 Å². The largest absolute Gasteiger partial charge is 0.497 e. The number of ether oxygens (including phenoxy) is 3. The standard InChI is InChI=1S/C16H20N2O6/c1-22-10-4-5-12(13(8-10)23-2)17-14-11(16(21)24-3)9-18(6-7-19)15(14)20/h4-5,8,17,19H,6-7,9H2,1-3H3. The van der Waals surface area contributed by atoms with Gasteiger partial charge in [0.05, 0.1) is 45.7 Å². The van der Waals surface area contributed by atoms with Gasteiger partial charge in [0.2, 0.25) is 0 Å². The molecule has 0 saturated carbocycles. The topological polar surface area (TPSA) is 97.3 Å². The van der Waals surface area contributed by atoms with Gasteiger partial charge in [-0.3, -0.25) is 4.79 Å². The van der Waals surface area contributed by atoms with E-state index in [1.165, 1.54) is 26.2 Å². The number of benzene rings is 1. The number of hydrogen-bond acceptors (Lipinski definition) is 7. The van der Waals surface area contributed by atoms with Crippen LogP contribution in [0, 0.1) is 0 Å². The van der Waals surface area contributed by atoms with Crippen molar-refractivity contribution in [3.05, 3.63) is 29.5 Å². The van der Waals surface area contributed by atoms with Crippen LogP contribution in [0.1, 0.15) is 0 Å². The lowest BCUT2D eigenvalue weighted by atomic mass is 10.2. The number of rotatable bonds is 7. The second-order valence-corrected chi connectivity index (χ2v) is 4.99. The fourth-order valence-electron chi connectivity index (χ4n) is 2.39. The summed E-state index contributed by atoms with van der Waals surface area (Å²) in [6.07, 6.45) is 0. The van der Waals surface area contributed by atoms with Gasteiger partial charge in [0.25, 0.3) is 5.91 Å². The third kappa shape index (κ3) is 3.43. The molecular formula is C16H20N2O6. The molecule has 1 aliphatic rings. The van der Waals surface area contributed by atoms with Crippen molar-refractivity contribution in [1.82, 2.24) is 4.90 Å². The summed E-state index contributed by atoms with van der Waals surface area (Å²) < 4.78 is 15.2. The highest BCUT2D eigenvalue weighted by Gasteiger charge is 2.34. The molecule has 1 amide bonds. The van der Waals surface area contributed by atoms with Crippen molar-refractivity contribution in [3.8, 4) is 11.5 Å². The van der Waals surface area contributed by atoms with Crippen LogP contribution >= 0.6 is 0 Å². The highest BCUT2D eigenvalue weighted by molar-refractivity contribution is 6.08.